The molecule has 0 bridgehead atoms. The molecule has 0 unspecified atom stereocenters. The zero-order valence-electron chi connectivity index (χ0n) is 9.20. The van der Waals surface area contributed by atoms with E-state index in [9.17, 15) is 13.2 Å². The summed E-state index contributed by atoms with van der Waals surface area (Å²) in [5, 5.41) is 13.9. The van der Waals surface area contributed by atoms with Crippen molar-refractivity contribution in [2.24, 2.45) is 5.14 Å². The minimum atomic E-state index is -3.94. The summed E-state index contributed by atoms with van der Waals surface area (Å²) in [4.78, 5) is 10.8. The summed E-state index contributed by atoms with van der Waals surface area (Å²) in [6.45, 7) is 0.770. The van der Waals surface area contributed by atoms with Gasteiger partial charge in [0.25, 0.3) is 0 Å². The van der Waals surface area contributed by atoms with Crippen LogP contribution in [-0.2, 0) is 14.8 Å². The number of carboxylic acids is 1. The normalized spacial score (nSPS) is 16.1. The first kappa shape index (κ1) is 12.8. The maximum atomic E-state index is 11.1. The van der Waals surface area contributed by atoms with Gasteiger partial charge in [-0.15, -0.1) is 0 Å². The lowest BCUT2D eigenvalue weighted by Crippen LogP contribution is -2.38. The lowest BCUT2D eigenvalue weighted by molar-refractivity contribution is -0.0799. The summed E-state index contributed by atoms with van der Waals surface area (Å²) in [6.07, 6.45) is -0.205. The molecule has 1 fully saturated rings. The van der Waals surface area contributed by atoms with Crippen molar-refractivity contribution in [1.29, 1.82) is 0 Å². The first-order valence-electron chi connectivity index (χ1n) is 5.02. The van der Waals surface area contributed by atoms with Gasteiger partial charge < -0.3 is 14.6 Å². The van der Waals surface area contributed by atoms with Crippen molar-refractivity contribution in [2.75, 3.05) is 13.2 Å². The van der Waals surface area contributed by atoms with Gasteiger partial charge in [0, 0.05) is 0 Å². The molecule has 98 valence electrons. The topological polar surface area (TPSA) is 116 Å². The first-order valence-corrected chi connectivity index (χ1v) is 6.57. The fourth-order valence-corrected chi connectivity index (χ4v) is 1.96. The standard InChI is InChI=1S/C10H11NO6S/c11-18(14,15)7-1-2-9(8(3-7)10(12)13)17-6-4-16-5-6/h1-3,6H,4-5H2,(H,12,13)(H2,11,14,15). The maximum Gasteiger partial charge on any atom is 0.339 e. The Bertz CT molecular complexity index is 578. The van der Waals surface area contributed by atoms with Gasteiger partial charge in [0.05, 0.1) is 18.1 Å². The molecule has 2 rings (SSSR count). The van der Waals surface area contributed by atoms with Crippen LogP contribution < -0.4 is 9.88 Å². The first-order chi connectivity index (χ1) is 8.38. The summed E-state index contributed by atoms with van der Waals surface area (Å²) in [6, 6.07) is 3.46. The van der Waals surface area contributed by atoms with Crippen molar-refractivity contribution in [3.63, 3.8) is 0 Å². The number of hydrogen-bond acceptors (Lipinski definition) is 5. The van der Waals surface area contributed by atoms with E-state index in [-0.39, 0.29) is 22.3 Å². The van der Waals surface area contributed by atoms with Crippen molar-refractivity contribution < 1.29 is 27.8 Å². The predicted molar refractivity (Wildman–Crippen MR) is 60.0 cm³/mol. The summed E-state index contributed by atoms with van der Waals surface area (Å²) in [5.41, 5.74) is -0.242. The summed E-state index contributed by atoms with van der Waals surface area (Å²) in [5.74, 6) is -1.18. The number of carboxylic acid groups (broad SMARTS) is 1. The number of aromatic carboxylic acids is 1. The van der Waals surface area contributed by atoms with E-state index in [1.165, 1.54) is 12.1 Å². The maximum absolute atomic E-state index is 11.1. The van der Waals surface area contributed by atoms with Gasteiger partial charge in [0.1, 0.15) is 17.4 Å². The van der Waals surface area contributed by atoms with Crippen LogP contribution in [0.2, 0.25) is 0 Å². The number of sulfonamides is 1. The SMILES string of the molecule is NS(=O)(=O)c1ccc(OC2COC2)c(C(=O)O)c1. The highest BCUT2D eigenvalue weighted by Gasteiger charge is 2.24. The third-order valence-corrected chi connectivity index (χ3v) is 3.32. The Morgan fingerprint density at radius 3 is 2.56 bits per heavy atom. The molecule has 1 aliphatic heterocycles. The number of nitrogens with two attached hydrogens (primary N) is 1. The van der Waals surface area contributed by atoms with Crippen LogP contribution in [0.25, 0.3) is 0 Å². The number of hydrogen-bond donors (Lipinski definition) is 2. The van der Waals surface area contributed by atoms with Crippen molar-refractivity contribution in [3.8, 4) is 5.75 Å². The molecule has 1 saturated heterocycles. The van der Waals surface area contributed by atoms with Crippen LogP contribution in [0.5, 0.6) is 5.75 Å². The third kappa shape index (κ3) is 2.61. The molecule has 1 aromatic rings. The van der Waals surface area contributed by atoms with Crippen LogP contribution in [0.4, 0.5) is 0 Å². The summed E-state index contributed by atoms with van der Waals surface area (Å²) >= 11 is 0. The van der Waals surface area contributed by atoms with Gasteiger partial charge in [-0.2, -0.15) is 0 Å². The van der Waals surface area contributed by atoms with E-state index >= 15 is 0 Å². The van der Waals surface area contributed by atoms with E-state index in [0.717, 1.165) is 6.07 Å². The second kappa shape index (κ2) is 4.56. The monoisotopic (exact) mass is 273 g/mol. The Balaban J connectivity index is 2.37. The minimum absolute atomic E-state index is 0.100. The highest BCUT2D eigenvalue weighted by Crippen LogP contribution is 2.24. The van der Waals surface area contributed by atoms with Crippen LogP contribution in [0.1, 0.15) is 10.4 Å². The molecule has 0 saturated carbocycles. The summed E-state index contributed by atoms with van der Waals surface area (Å²) in [7, 11) is -3.94. The quantitative estimate of drug-likeness (QED) is 0.785. The van der Waals surface area contributed by atoms with E-state index in [4.69, 9.17) is 19.7 Å². The van der Waals surface area contributed by atoms with E-state index in [1.807, 2.05) is 0 Å². The van der Waals surface area contributed by atoms with E-state index in [2.05, 4.69) is 0 Å². The molecular formula is C10H11NO6S. The van der Waals surface area contributed by atoms with Crippen LogP contribution in [-0.4, -0.2) is 38.8 Å². The van der Waals surface area contributed by atoms with Crippen molar-refractivity contribution in [2.45, 2.75) is 11.0 Å². The van der Waals surface area contributed by atoms with Crippen LogP contribution in [0.3, 0.4) is 0 Å². The molecule has 1 aromatic carbocycles. The Morgan fingerprint density at radius 2 is 2.11 bits per heavy atom. The van der Waals surface area contributed by atoms with Crippen LogP contribution in [0, 0.1) is 0 Å². The van der Waals surface area contributed by atoms with Crippen molar-refractivity contribution in [1.82, 2.24) is 0 Å². The molecule has 3 N–H and O–H groups in total. The number of carbonyl (C=O) groups is 1. The van der Waals surface area contributed by atoms with Gasteiger partial charge in [-0.05, 0) is 18.2 Å². The average Bonchev–Trinajstić information content (AvgIpc) is 2.21. The molecule has 1 heterocycles. The Labute approximate surface area is 103 Å². The number of rotatable bonds is 4. The lowest BCUT2D eigenvalue weighted by Gasteiger charge is -2.27. The number of ether oxygens (including phenoxy) is 2. The minimum Gasteiger partial charge on any atom is -0.485 e. The van der Waals surface area contributed by atoms with E-state index in [1.54, 1.807) is 0 Å². The largest absolute Gasteiger partial charge is 0.485 e. The molecule has 7 nitrogen and oxygen atoms in total. The van der Waals surface area contributed by atoms with Gasteiger partial charge in [-0.1, -0.05) is 0 Å². The molecule has 0 aromatic heterocycles. The highest BCUT2D eigenvalue weighted by atomic mass is 32.2. The van der Waals surface area contributed by atoms with Crippen LogP contribution >= 0.6 is 0 Å². The fraction of sp³-hybridized carbons (Fsp3) is 0.300. The number of primary sulfonamides is 1. The van der Waals surface area contributed by atoms with Crippen molar-refractivity contribution in [3.05, 3.63) is 23.8 Å². The molecule has 0 atom stereocenters. The van der Waals surface area contributed by atoms with Gasteiger partial charge in [-0.25, -0.2) is 18.4 Å². The van der Waals surface area contributed by atoms with E-state index < -0.39 is 16.0 Å². The van der Waals surface area contributed by atoms with Crippen LogP contribution in [0.15, 0.2) is 23.1 Å². The van der Waals surface area contributed by atoms with Crippen molar-refractivity contribution >= 4 is 16.0 Å². The molecule has 0 amide bonds. The number of benzene rings is 1. The molecule has 0 radical (unpaired) electrons. The smallest absolute Gasteiger partial charge is 0.339 e. The molecule has 0 aliphatic carbocycles. The van der Waals surface area contributed by atoms with Gasteiger partial charge in [-0.3, -0.25) is 0 Å². The summed E-state index contributed by atoms with van der Waals surface area (Å²) < 4.78 is 32.5. The lowest BCUT2D eigenvalue weighted by atomic mass is 10.2. The highest BCUT2D eigenvalue weighted by molar-refractivity contribution is 7.89. The average molecular weight is 273 g/mol. The third-order valence-electron chi connectivity index (χ3n) is 2.41. The second-order valence-corrected chi connectivity index (χ2v) is 5.35. The predicted octanol–water partition coefficient (Wildman–Crippen LogP) is -0.190. The Morgan fingerprint density at radius 1 is 1.44 bits per heavy atom. The Hall–Kier alpha value is -1.64. The zero-order valence-corrected chi connectivity index (χ0v) is 10.0. The van der Waals surface area contributed by atoms with Gasteiger partial charge in [0.15, 0.2) is 0 Å². The molecule has 18 heavy (non-hydrogen) atoms. The Kier molecular flexibility index (Phi) is 3.24. The fourth-order valence-electron chi connectivity index (χ4n) is 1.42. The second-order valence-electron chi connectivity index (χ2n) is 3.79. The molecule has 0 spiro atoms. The van der Waals surface area contributed by atoms with E-state index in [0.29, 0.717) is 13.2 Å². The van der Waals surface area contributed by atoms with Gasteiger partial charge in [0.2, 0.25) is 10.0 Å². The van der Waals surface area contributed by atoms with Gasteiger partial charge >= 0.3 is 5.97 Å². The molecule has 8 heteroatoms. The zero-order chi connectivity index (χ0) is 13.3. The molecular weight excluding hydrogens is 262 g/mol. The molecule has 1 aliphatic rings.